The highest BCUT2D eigenvalue weighted by molar-refractivity contribution is 5.88. The van der Waals surface area contributed by atoms with Crippen LogP contribution in [0.3, 0.4) is 0 Å². The predicted octanol–water partition coefficient (Wildman–Crippen LogP) is 3.99. The van der Waals surface area contributed by atoms with Gasteiger partial charge in [0.05, 0.1) is 13.4 Å². The zero-order valence-electron chi connectivity index (χ0n) is 10.8. The number of carbonyl (C=O) groups is 1. The van der Waals surface area contributed by atoms with Gasteiger partial charge in [0.2, 0.25) is 5.76 Å². The van der Waals surface area contributed by atoms with Crippen molar-refractivity contribution < 1.29 is 18.4 Å². The van der Waals surface area contributed by atoms with Gasteiger partial charge in [-0.1, -0.05) is 24.3 Å². The standard InChI is InChI=1S/C16H12O4/c1-18-16(17)15-9-8-14(20-15)12-6-3-2-5-11(12)13-7-4-10-19-13/h2-10H,1H3. The fourth-order valence-corrected chi connectivity index (χ4v) is 2.04. The number of hydrogen-bond donors (Lipinski definition) is 0. The van der Waals surface area contributed by atoms with Gasteiger partial charge in [-0.25, -0.2) is 4.79 Å². The molecule has 0 atom stereocenters. The van der Waals surface area contributed by atoms with E-state index in [0.29, 0.717) is 5.76 Å². The molecule has 0 N–H and O–H groups in total. The molecule has 100 valence electrons. The molecule has 0 bridgehead atoms. The molecule has 20 heavy (non-hydrogen) atoms. The quantitative estimate of drug-likeness (QED) is 0.674. The van der Waals surface area contributed by atoms with Crippen LogP contribution in [0, 0.1) is 0 Å². The number of esters is 1. The number of ether oxygens (including phenoxy) is 1. The molecular weight excluding hydrogens is 256 g/mol. The van der Waals surface area contributed by atoms with Crippen molar-refractivity contribution in [1.82, 2.24) is 0 Å². The molecule has 1 aromatic carbocycles. The molecule has 3 aromatic rings. The fourth-order valence-electron chi connectivity index (χ4n) is 2.04. The first-order valence-corrected chi connectivity index (χ1v) is 6.11. The summed E-state index contributed by atoms with van der Waals surface area (Å²) in [5.41, 5.74) is 1.76. The van der Waals surface area contributed by atoms with Gasteiger partial charge in [-0.15, -0.1) is 0 Å². The summed E-state index contributed by atoms with van der Waals surface area (Å²) in [6, 6.07) is 14.7. The summed E-state index contributed by atoms with van der Waals surface area (Å²) in [6.45, 7) is 0. The Hall–Kier alpha value is -2.75. The van der Waals surface area contributed by atoms with Crippen molar-refractivity contribution in [2.75, 3.05) is 7.11 Å². The topological polar surface area (TPSA) is 52.6 Å². The molecule has 0 aliphatic heterocycles. The molecule has 0 fully saturated rings. The van der Waals surface area contributed by atoms with Crippen molar-refractivity contribution in [3.63, 3.8) is 0 Å². The second kappa shape index (κ2) is 5.09. The Morgan fingerprint density at radius 2 is 1.70 bits per heavy atom. The maximum Gasteiger partial charge on any atom is 0.373 e. The molecule has 0 spiro atoms. The summed E-state index contributed by atoms with van der Waals surface area (Å²) in [7, 11) is 1.32. The van der Waals surface area contributed by atoms with Crippen LogP contribution in [0.1, 0.15) is 10.6 Å². The number of carbonyl (C=O) groups excluding carboxylic acids is 1. The van der Waals surface area contributed by atoms with Crippen LogP contribution in [0.2, 0.25) is 0 Å². The van der Waals surface area contributed by atoms with E-state index < -0.39 is 5.97 Å². The third-order valence-corrected chi connectivity index (χ3v) is 2.97. The van der Waals surface area contributed by atoms with Crippen LogP contribution in [0.15, 0.2) is 63.6 Å². The molecular formula is C16H12O4. The van der Waals surface area contributed by atoms with E-state index in [1.54, 1.807) is 18.4 Å². The highest BCUT2D eigenvalue weighted by Gasteiger charge is 2.15. The van der Waals surface area contributed by atoms with Gasteiger partial charge in [-0.3, -0.25) is 0 Å². The van der Waals surface area contributed by atoms with Crippen LogP contribution >= 0.6 is 0 Å². The monoisotopic (exact) mass is 268 g/mol. The van der Waals surface area contributed by atoms with Gasteiger partial charge in [0.15, 0.2) is 0 Å². The molecule has 3 rings (SSSR count). The van der Waals surface area contributed by atoms with Crippen LogP contribution in [-0.2, 0) is 4.74 Å². The lowest BCUT2D eigenvalue weighted by Gasteiger charge is -2.04. The number of rotatable bonds is 3. The van der Waals surface area contributed by atoms with Gasteiger partial charge in [0.25, 0.3) is 0 Å². The van der Waals surface area contributed by atoms with Crippen molar-refractivity contribution in [3.8, 4) is 22.6 Å². The molecule has 4 nitrogen and oxygen atoms in total. The van der Waals surface area contributed by atoms with Gasteiger partial charge < -0.3 is 13.6 Å². The maximum absolute atomic E-state index is 11.4. The third kappa shape index (κ3) is 2.12. The summed E-state index contributed by atoms with van der Waals surface area (Å²) in [5.74, 6) is 1.03. The van der Waals surface area contributed by atoms with Gasteiger partial charge in [-0.05, 0) is 24.3 Å². The van der Waals surface area contributed by atoms with Crippen molar-refractivity contribution in [1.29, 1.82) is 0 Å². The highest BCUT2D eigenvalue weighted by Crippen LogP contribution is 2.33. The Kier molecular flexibility index (Phi) is 3.13. The highest BCUT2D eigenvalue weighted by atomic mass is 16.5. The Labute approximate surface area is 115 Å². The zero-order valence-corrected chi connectivity index (χ0v) is 10.8. The second-order valence-electron chi connectivity index (χ2n) is 4.18. The lowest BCUT2D eigenvalue weighted by atomic mass is 10.0. The lowest BCUT2D eigenvalue weighted by Crippen LogP contribution is -1.98. The lowest BCUT2D eigenvalue weighted by molar-refractivity contribution is 0.0566. The van der Waals surface area contributed by atoms with Crippen LogP contribution in [0.4, 0.5) is 0 Å². The summed E-state index contributed by atoms with van der Waals surface area (Å²) < 4.78 is 15.6. The van der Waals surface area contributed by atoms with Crippen molar-refractivity contribution >= 4 is 5.97 Å². The van der Waals surface area contributed by atoms with Crippen molar-refractivity contribution in [2.24, 2.45) is 0 Å². The summed E-state index contributed by atoms with van der Waals surface area (Å²) in [6.07, 6.45) is 1.62. The number of benzene rings is 1. The Bertz CT molecular complexity index is 723. The summed E-state index contributed by atoms with van der Waals surface area (Å²) >= 11 is 0. The first-order valence-electron chi connectivity index (χ1n) is 6.11. The van der Waals surface area contributed by atoms with Crippen molar-refractivity contribution in [3.05, 3.63) is 60.6 Å². The maximum atomic E-state index is 11.4. The summed E-state index contributed by atoms with van der Waals surface area (Å²) in [4.78, 5) is 11.4. The van der Waals surface area contributed by atoms with Crippen LogP contribution in [0.25, 0.3) is 22.6 Å². The van der Waals surface area contributed by atoms with Gasteiger partial charge in [-0.2, -0.15) is 0 Å². The van der Waals surface area contributed by atoms with Crippen LogP contribution in [-0.4, -0.2) is 13.1 Å². The first-order chi connectivity index (χ1) is 9.79. The third-order valence-electron chi connectivity index (χ3n) is 2.97. The minimum Gasteiger partial charge on any atom is -0.464 e. The van der Waals surface area contributed by atoms with E-state index in [4.69, 9.17) is 8.83 Å². The zero-order chi connectivity index (χ0) is 13.9. The van der Waals surface area contributed by atoms with Crippen LogP contribution in [0.5, 0.6) is 0 Å². The molecule has 0 amide bonds. The Morgan fingerprint density at radius 3 is 2.35 bits per heavy atom. The first kappa shape index (κ1) is 12.3. The number of furan rings is 2. The molecule has 4 heteroatoms. The van der Waals surface area contributed by atoms with Crippen LogP contribution < -0.4 is 0 Å². The summed E-state index contributed by atoms with van der Waals surface area (Å²) in [5, 5.41) is 0. The molecule has 0 radical (unpaired) electrons. The van der Waals surface area contributed by atoms with E-state index in [-0.39, 0.29) is 5.76 Å². The van der Waals surface area contributed by atoms with E-state index in [9.17, 15) is 4.79 Å². The van der Waals surface area contributed by atoms with E-state index in [1.807, 2.05) is 36.4 Å². The van der Waals surface area contributed by atoms with Gasteiger partial charge in [0.1, 0.15) is 11.5 Å². The molecule has 0 unspecified atom stereocenters. The SMILES string of the molecule is COC(=O)c1ccc(-c2ccccc2-c2ccco2)o1. The molecule has 0 aliphatic rings. The smallest absolute Gasteiger partial charge is 0.373 e. The average molecular weight is 268 g/mol. The van der Waals surface area contributed by atoms with Gasteiger partial charge >= 0.3 is 5.97 Å². The van der Waals surface area contributed by atoms with E-state index in [1.165, 1.54) is 7.11 Å². The number of hydrogen-bond acceptors (Lipinski definition) is 4. The largest absolute Gasteiger partial charge is 0.464 e. The second-order valence-corrected chi connectivity index (χ2v) is 4.18. The van der Waals surface area contributed by atoms with E-state index in [0.717, 1.165) is 16.9 Å². The molecule has 0 saturated heterocycles. The number of methoxy groups -OCH3 is 1. The minimum absolute atomic E-state index is 0.178. The fraction of sp³-hybridized carbons (Fsp3) is 0.0625. The predicted molar refractivity (Wildman–Crippen MR) is 73.2 cm³/mol. The minimum atomic E-state index is -0.494. The normalized spacial score (nSPS) is 10.4. The molecule has 0 aliphatic carbocycles. The molecule has 2 heterocycles. The van der Waals surface area contributed by atoms with Gasteiger partial charge in [0, 0.05) is 11.1 Å². The molecule has 2 aromatic heterocycles. The van der Waals surface area contributed by atoms with E-state index in [2.05, 4.69) is 4.74 Å². The van der Waals surface area contributed by atoms with E-state index >= 15 is 0 Å². The Balaban J connectivity index is 2.07. The van der Waals surface area contributed by atoms with Crippen molar-refractivity contribution in [2.45, 2.75) is 0 Å². The average Bonchev–Trinajstić information content (AvgIpc) is 3.17. The Morgan fingerprint density at radius 1 is 0.950 bits per heavy atom. The molecule has 0 saturated carbocycles.